The molecule has 0 saturated carbocycles. The Labute approximate surface area is 164 Å². The number of ether oxygens (including phenoxy) is 1. The van der Waals surface area contributed by atoms with Crippen molar-refractivity contribution in [3.8, 4) is 0 Å². The maximum absolute atomic E-state index is 11.8. The van der Waals surface area contributed by atoms with E-state index in [0.29, 0.717) is 6.42 Å². The summed E-state index contributed by atoms with van der Waals surface area (Å²) in [7, 11) is -2.35. The Balaban J connectivity index is 3.71. The molecule has 1 N–H and O–H groups in total. The van der Waals surface area contributed by atoms with E-state index in [2.05, 4.69) is 16.4 Å². The molecule has 0 aromatic rings. The summed E-state index contributed by atoms with van der Waals surface area (Å²) in [6, 6.07) is 0. The predicted octanol–water partition coefficient (Wildman–Crippen LogP) is 4.34. The SMILES string of the molecule is CCCCCCCCCSCC(C)(C)OC(=O)NCCCS(=O)(=O)OC. The van der Waals surface area contributed by atoms with Crippen molar-refractivity contribution >= 4 is 28.0 Å². The topological polar surface area (TPSA) is 81.7 Å². The Kier molecular flexibility index (Phi) is 14.3. The fraction of sp³-hybridized carbons (Fsp3) is 0.944. The molecule has 0 aliphatic carbocycles. The van der Waals surface area contributed by atoms with Crippen molar-refractivity contribution in [1.82, 2.24) is 5.32 Å². The molecule has 0 aliphatic heterocycles. The predicted molar refractivity (Wildman–Crippen MR) is 109 cm³/mol. The zero-order chi connectivity index (χ0) is 19.9. The highest BCUT2D eigenvalue weighted by Crippen LogP contribution is 2.19. The van der Waals surface area contributed by atoms with Crippen molar-refractivity contribution in [2.45, 2.75) is 77.7 Å². The summed E-state index contributed by atoms with van der Waals surface area (Å²) in [6.07, 6.45) is 8.85. The third-order valence-corrected chi connectivity index (χ3v) is 6.58. The van der Waals surface area contributed by atoms with Gasteiger partial charge in [0.05, 0.1) is 12.9 Å². The lowest BCUT2D eigenvalue weighted by atomic mass is 10.1. The van der Waals surface area contributed by atoms with Gasteiger partial charge in [-0.2, -0.15) is 20.2 Å². The minimum Gasteiger partial charge on any atom is -0.443 e. The first-order valence-corrected chi connectivity index (χ1v) is 12.3. The largest absolute Gasteiger partial charge is 0.443 e. The first-order chi connectivity index (χ1) is 12.2. The van der Waals surface area contributed by atoms with Gasteiger partial charge < -0.3 is 10.1 Å². The van der Waals surface area contributed by atoms with Crippen LogP contribution in [0.3, 0.4) is 0 Å². The van der Waals surface area contributed by atoms with Gasteiger partial charge in [0.25, 0.3) is 10.1 Å². The molecule has 0 spiro atoms. The van der Waals surface area contributed by atoms with Crippen LogP contribution in [0.5, 0.6) is 0 Å². The number of carbonyl (C=O) groups is 1. The molecule has 6 nitrogen and oxygen atoms in total. The van der Waals surface area contributed by atoms with Crippen molar-refractivity contribution < 1.29 is 22.1 Å². The first kappa shape index (κ1) is 25.5. The maximum atomic E-state index is 11.8. The molecule has 0 heterocycles. The monoisotopic (exact) mass is 411 g/mol. The van der Waals surface area contributed by atoms with Crippen LogP contribution in [0.25, 0.3) is 0 Å². The molecule has 0 aliphatic rings. The van der Waals surface area contributed by atoms with E-state index in [1.165, 1.54) is 44.9 Å². The van der Waals surface area contributed by atoms with E-state index in [0.717, 1.165) is 18.6 Å². The van der Waals surface area contributed by atoms with E-state index in [1.807, 2.05) is 13.8 Å². The average molecular weight is 412 g/mol. The molecule has 0 bridgehead atoms. The zero-order valence-electron chi connectivity index (χ0n) is 16.8. The molecule has 0 fully saturated rings. The summed E-state index contributed by atoms with van der Waals surface area (Å²) in [5.41, 5.74) is -0.547. The minimum absolute atomic E-state index is 0.124. The second-order valence-corrected chi connectivity index (χ2v) is 9.99. The fourth-order valence-electron chi connectivity index (χ4n) is 2.32. The van der Waals surface area contributed by atoms with E-state index in [4.69, 9.17) is 4.74 Å². The number of thioether (sulfide) groups is 1. The lowest BCUT2D eigenvalue weighted by Gasteiger charge is -2.24. The molecule has 0 aromatic heterocycles. The molecule has 26 heavy (non-hydrogen) atoms. The van der Waals surface area contributed by atoms with Crippen LogP contribution in [-0.2, 0) is 19.0 Å². The smallest absolute Gasteiger partial charge is 0.407 e. The summed E-state index contributed by atoms with van der Waals surface area (Å²) < 4.78 is 32.1. The minimum atomic E-state index is -3.47. The molecule has 0 aromatic carbocycles. The van der Waals surface area contributed by atoms with E-state index in [9.17, 15) is 13.2 Å². The lowest BCUT2D eigenvalue weighted by Crippen LogP contribution is -2.37. The Hall–Kier alpha value is -0.470. The van der Waals surface area contributed by atoms with E-state index in [-0.39, 0.29) is 12.3 Å². The number of alkyl carbamates (subject to hydrolysis) is 1. The summed E-state index contributed by atoms with van der Waals surface area (Å²) in [6.45, 7) is 6.24. The molecule has 1 amide bonds. The van der Waals surface area contributed by atoms with Crippen LogP contribution < -0.4 is 5.32 Å². The third kappa shape index (κ3) is 15.8. The number of unbranched alkanes of at least 4 members (excludes halogenated alkanes) is 6. The molecule has 0 radical (unpaired) electrons. The van der Waals surface area contributed by atoms with Crippen molar-refractivity contribution in [2.24, 2.45) is 0 Å². The number of carbonyl (C=O) groups excluding carboxylic acids is 1. The van der Waals surface area contributed by atoms with Gasteiger partial charge in [-0.15, -0.1) is 0 Å². The van der Waals surface area contributed by atoms with E-state index < -0.39 is 21.8 Å². The van der Waals surface area contributed by atoms with E-state index >= 15 is 0 Å². The highest BCUT2D eigenvalue weighted by Gasteiger charge is 2.22. The second-order valence-electron chi connectivity index (χ2n) is 7.03. The van der Waals surface area contributed by atoms with Crippen molar-refractivity contribution in [3.05, 3.63) is 0 Å². The molecular weight excluding hydrogens is 374 g/mol. The Morgan fingerprint density at radius 3 is 2.27 bits per heavy atom. The van der Waals surface area contributed by atoms with Gasteiger partial charge in [-0.1, -0.05) is 45.4 Å². The molecular formula is C18H37NO5S2. The van der Waals surface area contributed by atoms with Crippen LogP contribution in [-0.4, -0.2) is 51.0 Å². The Morgan fingerprint density at radius 1 is 1.04 bits per heavy atom. The molecule has 0 atom stereocenters. The fourth-order valence-corrected chi connectivity index (χ4v) is 4.09. The van der Waals surface area contributed by atoms with Gasteiger partial charge >= 0.3 is 6.09 Å². The number of nitrogens with one attached hydrogen (secondary N) is 1. The highest BCUT2D eigenvalue weighted by atomic mass is 32.2. The third-order valence-electron chi connectivity index (χ3n) is 3.81. The van der Waals surface area contributed by atoms with Crippen LogP contribution in [0.1, 0.15) is 72.1 Å². The van der Waals surface area contributed by atoms with Crippen LogP contribution in [0.15, 0.2) is 0 Å². The molecule has 0 unspecified atom stereocenters. The molecule has 0 rings (SSSR count). The van der Waals surface area contributed by atoms with Crippen LogP contribution in [0, 0.1) is 0 Å². The second kappa shape index (κ2) is 14.6. The van der Waals surface area contributed by atoms with E-state index in [1.54, 1.807) is 11.8 Å². The first-order valence-electron chi connectivity index (χ1n) is 9.55. The van der Waals surface area contributed by atoms with Crippen molar-refractivity contribution in [3.63, 3.8) is 0 Å². The highest BCUT2D eigenvalue weighted by molar-refractivity contribution is 7.99. The van der Waals surface area contributed by atoms with Crippen molar-refractivity contribution in [2.75, 3.05) is 30.9 Å². The number of rotatable bonds is 16. The van der Waals surface area contributed by atoms with Gasteiger partial charge in [-0.3, -0.25) is 4.18 Å². The normalized spacial score (nSPS) is 12.2. The Morgan fingerprint density at radius 2 is 1.65 bits per heavy atom. The van der Waals surface area contributed by atoms with Gasteiger partial charge in [0.1, 0.15) is 5.60 Å². The lowest BCUT2D eigenvalue weighted by molar-refractivity contribution is 0.0561. The quantitative estimate of drug-likeness (QED) is 0.300. The standard InChI is InChI=1S/C18H37NO5S2/c1-5-6-7-8-9-10-11-14-25-16-18(2,3)24-17(20)19-13-12-15-26(21,22)23-4/h5-16H2,1-4H3,(H,19,20). The number of hydrogen-bond donors (Lipinski definition) is 1. The van der Waals surface area contributed by atoms with Gasteiger partial charge in [-0.05, 0) is 32.4 Å². The molecule has 156 valence electrons. The number of hydrogen-bond acceptors (Lipinski definition) is 6. The summed E-state index contributed by atoms with van der Waals surface area (Å²) >= 11 is 1.80. The van der Waals surface area contributed by atoms with Crippen LogP contribution in [0.4, 0.5) is 4.79 Å². The van der Waals surface area contributed by atoms with Gasteiger partial charge in [0.2, 0.25) is 0 Å². The zero-order valence-corrected chi connectivity index (χ0v) is 18.5. The summed E-state index contributed by atoms with van der Waals surface area (Å²) in [5.74, 6) is 1.70. The van der Waals surface area contributed by atoms with Crippen molar-refractivity contribution in [1.29, 1.82) is 0 Å². The van der Waals surface area contributed by atoms with Crippen LogP contribution in [0.2, 0.25) is 0 Å². The van der Waals surface area contributed by atoms with Crippen LogP contribution >= 0.6 is 11.8 Å². The van der Waals surface area contributed by atoms with Gasteiger partial charge in [0, 0.05) is 12.3 Å². The number of amides is 1. The maximum Gasteiger partial charge on any atom is 0.407 e. The summed E-state index contributed by atoms with van der Waals surface area (Å²) in [5, 5.41) is 2.58. The molecule has 0 saturated heterocycles. The van der Waals surface area contributed by atoms with Gasteiger partial charge in [-0.25, -0.2) is 4.79 Å². The Bertz CT molecular complexity index is 466. The molecule has 8 heteroatoms. The van der Waals surface area contributed by atoms with Gasteiger partial charge in [0.15, 0.2) is 0 Å². The summed E-state index contributed by atoms with van der Waals surface area (Å²) in [4.78, 5) is 11.8. The average Bonchev–Trinajstić information content (AvgIpc) is 2.57.